The van der Waals surface area contributed by atoms with E-state index in [1.165, 1.54) is 6.92 Å². The zero-order valence-corrected chi connectivity index (χ0v) is 10.7. The van der Waals surface area contributed by atoms with Crippen LogP contribution in [0.25, 0.3) is 0 Å². The molecule has 0 aliphatic rings. The van der Waals surface area contributed by atoms with Crippen molar-refractivity contribution in [2.24, 2.45) is 0 Å². The van der Waals surface area contributed by atoms with Gasteiger partial charge in [0.2, 0.25) is 5.88 Å². The monoisotopic (exact) mass is 361 g/mol. The van der Waals surface area contributed by atoms with Crippen LogP contribution in [0.15, 0.2) is 6.07 Å². The summed E-state index contributed by atoms with van der Waals surface area (Å²) < 4.78 is 39.9. The van der Waals surface area contributed by atoms with Gasteiger partial charge in [0.1, 0.15) is 0 Å². The third-order valence-corrected chi connectivity index (χ3v) is 2.76. The normalized spacial score (nSPS) is 11.4. The maximum absolute atomic E-state index is 12.0. The first-order chi connectivity index (χ1) is 7.69. The van der Waals surface area contributed by atoms with Crippen molar-refractivity contribution in [3.63, 3.8) is 0 Å². The third-order valence-electron chi connectivity index (χ3n) is 1.80. The summed E-state index contributed by atoms with van der Waals surface area (Å²) in [5.74, 6) is -1.66. The average Bonchev–Trinajstić information content (AvgIpc) is 2.08. The summed E-state index contributed by atoms with van der Waals surface area (Å²) in [5.41, 5.74) is 0.589. The van der Waals surface area contributed by atoms with Gasteiger partial charge in [0.25, 0.3) is 0 Å². The van der Waals surface area contributed by atoms with Crippen LogP contribution in [0.2, 0.25) is 0 Å². The van der Waals surface area contributed by atoms with Crippen molar-refractivity contribution in [2.45, 2.75) is 19.7 Å². The van der Waals surface area contributed by atoms with Gasteiger partial charge in [-0.3, -0.25) is 4.79 Å². The van der Waals surface area contributed by atoms with Crippen LogP contribution in [0.3, 0.4) is 0 Å². The molecule has 0 saturated carbocycles. The molecule has 1 aromatic heterocycles. The van der Waals surface area contributed by atoms with E-state index in [1.807, 2.05) is 0 Å². The van der Waals surface area contributed by atoms with Crippen molar-refractivity contribution in [1.29, 1.82) is 0 Å². The Bertz CT molecular complexity index is 425. The molecule has 0 spiro atoms. The molecule has 0 unspecified atom stereocenters. The highest BCUT2D eigenvalue weighted by Crippen LogP contribution is 2.25. The zero-order valence-electron chi connectivity index (χ0n) is 8.51. The van der Waals surface area contributed by atoms with Crippen LogP contribution in [0.5, 0.6) is 5.88 Å². The van der Waals surface area contributed by atoms with Crippen molar-refractivity contribution in [3.8, 4) is 5.88 Å². The van der Waals surface area contributed by atoms with Crippen LogP contribution in [-0.2, 0) is 11.2 Å². The van der Waals surface area contributed by atoms with E-state index in [0.717, 1.165) is 6.07 Å². The van der Waals surface area contributed by atoms with E-state index in [0.29, 0.717) is 9.13 Å². The minimum absolute atomic E-state index is 0.207. The summed E-state index contributed by atoms with van der Waals surface area (Å²) in [6.07, 6.45) is -5.10. The number of ether oxygens (including phenoxy) is 1. The number of pyridine rings is 1. The first-order valence-electron chi connectivity index (χ1n) is 4.32. The number of aliphatic carboxylic acids is 1. The van der Waals surface area contributed by atoms with E-state index in [2.05, 4.69) is 9.72 Å². The minimum atomic E-state index is -4.81. The summed E-state index contributed by atoms with van der Waals surface area (Å²) in [7, 11) is 0. The minimum Gasteiger partial charge on any atom is -0.481 e. The van der Waals surface area contributed by atoms with E-state index < -0.39 is 18.2 Å². The number of nitrogens with zero attached hydrogens (tertiary/aromatic N) is 1. The van der Waals surface area contributed by atoms with Crippen LogP contribution in [0.4, 0.5) is 13.2 Å². The number of hydrogen-bond acceptors (Lipinski definition) is 3. The van der Waals surface area contributed by atoms with Crippen molar-refractivity contribution in [1.82, 2.24) is 4.98 Å². The predicted octanol–water partition coefficient (Wildman–Crippen LogP) is 2.52. The maximum atomic E-state index is 12.0. The number of aromatic nitrogens is 1. The molecule has 0 bridgehead atoms. The molecule has 1 rings (SSSR count). The van der Waals surface area contributed by atoms with E-state index in [1.54, 1.807) is 22.6 Å². The third kappa shape index (κ3) is 4.36. The van der Waals surface area contributed by atoms with Gasteiger partial charge < -0.3 is 9.84 Å². The van der Waals surface area contributed by atoms with E-state index in [-0.39, 0.29) is 12.1 Å². The van der Waals surface area contributed by atoms with Gasteiger partial charge in [-0.25, -0.2) is 4.98 Å². The average molecular weight is 361 g/mol. The quantitative estimate of drug-likeness (QED) is 0.841. The molecule has 4 nitrogen and oxygen atoms in total. The fourth-order valence-corrected chi connectivity index (χ4v) is 2.02. The fourth-order valence-electron chi connectivity index (χ4n) is 1.17. The van der Waals surface area contributed by atoms with E-state index >= 15 is 0 Å². The lowest BCUT2D eigenvalue weighted by atomic mass is 10.1. The number of carbonyl (C=O) groups is 1. The van der Waals surface area contributed by atoms with E-state index in [9.17, 15) is 18.0 Å². The second-order valence-corrected chi connectivity index (χ2v) is 4.29. The lowest BCUT2D eigenvalue weighted by Gasteiger charge is -2.11. The van der Waals surface area contributed by atoms with Gasteiger partial charge in [-0.1, -0.05) is 0 Å². The summed E-state index contributed by atoms with van der Waals surface area (Å²) in [6.45, 7) is 1.43. The van der Waals surface area contributed by atoms with Gasteiger partial charge in [0, 0.05) is 15.3 Å². The number of hydrogen-bond donors (Lipinski definition) is 1. The van der Waals surface area contributed by atoms with Crippen LogP contribution >= 0.6 is 22.6 Å². The summed E-state index contributed by atoms with van der Waals surface area (Å²) in [5, 5.41) is 8.63. The fraction of sp³-hybridized carbons (Fsp3) is 0.333. The van der Waals surface area contributed by atoms with Gasteiger partial charge in [-0.05, 0) is 35.1 Å². The molecule has 8 heteroatoms. The van der Waals surface area contributed by atoms with Gasteiger partial charge in [0.05, 0.1) is 6.42 Å². The molecule has 17 heavy (non-hydrogen) atoms. The SMILES string of the molecule is Cc1nc(OC(F)(F)F)cc(I)c1CC(=O)O. The standard InChI is InChI=1S/C9H7F3INO3/c1-4-5(2-8(15)16)6(13)3-7(14-4)17-9(10,11)12/h3H,2H2,1H3,(H,15,16). The summed E-state index contributed by atoms with van der Waals surface area (Å²) in [6, 6.07) is 1.05. The molecular formula is C9H7F3INO3. The Morgan fingerprint density at radius 1 is 1.59 bits per heavy atom. The Balaban J connectivity index is 3.05. The molecule has 0 aromatic carbocycles. The van der Waals surface area contributed by atoms with Crippen LogP contribution in [0, 0.1) is 10.5 Å². The molecule has 1 heterocycles. The van der Waals surface area contributed by atoms with Crippen molar-refractivity contribution in [2.75, 3.05) is 0 Å². The molecule has 0 amide bonds. The number of halogens is 4. The van der Waals surface area contributed by atoms with Gasteiger partial charge in [0.15, 0.2) is 0 Å². The lowest BCUT2D eigenvalue weighted by Crippen LogP contribution is -2.18. The van der Waals surface area contributed by atoms with Crippen LogP contribution in [-0.4, -0.2) is 22.4 Å². The predicted molar refractivity (Wildman–Crippen MR) is 59.7 cm³/mol. The molecule has 0 radical (unpaired) electrons. The highest BCUT2D eigenvalue weighted by molar-refractivity contribution is 14.1. The lowest BCUT2D eigenvalue weighted by molar-refractivity contribution is -0.276. The molecule has 0 aliphatic carbocycles. The Morgan fingerprint density at radius 2 is 2.18 bits per heavy atom. The number of carboxylic acid groups (broad SMARTS) is 1. The Kier molecular flexibility index (Phi) is 4.17. The van der Waals surface area contributed by atoms with Crippen LogP contribution in [0.1, 0.15) is 11.3 Å². The molecule has 1 N–H and O–H groups in total. The van der Waals surface area contributed by atoms with Crippen molar-refractivity contribution in [3.05, 3.63) is 20.9 Å². The maximum Gasteiger partial charge on any atom is 0.574 e. The van der Waals surface area contributed by atoms with Crippen molar-refractivity contribution >= 4 is 28.6 Å². The number of alkyl halides is 3. The molecule has 94 valence electrons. The highest BCUT2D eigenvalue weighted by atomic mass is 127. The smallest absolute Gasteiger partial charge is 0.481 e. The first-order valence-corrected chi connectivity index (χ1v) is 5.40. The first kappa shape index (κ1) is 14.0. The molecule has 0 aliphatic heterocycles. The van der Waals surface area contributed by atoms with Gasteiger partial charge in [-0.15, -0.1) is 13.2 Å². The van der Waals surface area contributed by atoms with Gasteiger partial charge >= 0.3 is 12.3 Å². The molecule has 1 aromatic rings. The second kappa shape index (κ2) is 5.07. The Hall–Kier alpha value is -1.06. The summed E-state index contributed by atoms with van der Waals surface area (Å²) in [4.78, 5) is 14.1. The second-order valence-electron chi connectivity index (χ2n) is 3.12. The molecule has 0 saturated heterocycles. The number of aryl methyl sites for hydroxylation is 1. The number of carboxylic acids is 1. The van der Waals surface area contributed by atoms with Crippen LogP contribution < -0.4 is 4.74 Å². The zero-order chi connectivity index (χ0) is 13.2. The van der Waals surface area contributed by atoms with E-state index in [4.69, 9.17) is 5.11 Å². The molecule has 0 fully saturated rings. The Morgan fingerprint density at radius 3 is 2.59 bits per heavy atom. The van der Waals surface area contributed by atoms with Crippen molar-refractivity contribution < 1.29 is 27.8 Å². The number of rotatable bonds is 3. The highest BCUT2D eigenvalue weighted by Gasteiger charge is 2.32. The summed E-state index contributed by atoms with van der Waals surface area (Å²) >= 11 is 1.75. The molecular weight excluding hydrogens is 354 g/mol. The largest absolute Gasteiger partial charge is 0.574 e. The molecule has 0 atom stereocenters. The Labute approximate surface area is 108 Å². The topological polar surface area (TPSA) is 59.4 Å². The van der Waals surface area contributed by atoms with Gasteiger partial charge in [-0.2, -0.15) is 0 Å².